The third-order valence-corrected chi connectivity index (χ3v) is 9.44. The van der Waals surface area contributed by atoms with Crippen LogP contribution in [0.3, 0.4) is 0 Å². The van der Waals surface area contributed by atoms with Gasteiger partial charge in [0.05, 0.1) is 22.9 Å². The van der Waals surface area contributed by atoms with Gasteiger partial charge in [0.2, 0.25) is 10.0 Å². The largest absolute Gasteiger partial charge is 0.364 e. The Kier molecular flexibility index (Phi) is 6.09. The van der Waals surface area contributed by atoms with Crippen molar-refractivity contribution >= 4 is 32.6 Å². The lowest BCUT2D eigenvalue weighted by Crippen LogP contribution is -2.61. The van der Waals surface area contributed by atoms with Crippen molar-refractivity contribution in [3.05, 3.63) is 29.4 Å². The van der Waals surface area contributed by atoms with E-state index in [4.69, 9.17) is 0 Å². The zero-order chi connectivity index (χ0) is 25.1. The van der Waals surface area contributed by atoms with Crippen LogP contribution < -0.4 is 14.9 Å². The first-order chi connectivity index (χ1) is 16.5. The van der Waals surface area contributed by atoms with Gasteiger partial charge in [-0.25, -0.2) is 26.3 Å². The quantitative estimate of drug-likeness (QED) is 0.486. The molecule has 13 heteroatoms. The summed E-state index contributed by atoms with van der Waals surface area (Å²) in [7, 11) is -3.88. The molecule has 1 aliphatic carbocycles. The highest BCUT2D eigenvalue weighted by Gasteiger charge is 2.42. The van der Waals surface area contributed by atoms with E-state index >= 15 is 0 Å². The topological polar surface area (TPSA) is 91.6 Å². The predicted molar refractivity (Wildman–Crippen MR) is 128 cm³/mol. The van der Waals surface area contributed by atoms with E-state index in [9.17, 15) is 21.6 Å². The van der Waals surface area contributed by atoms with Crippen LogP contribution >= 0.6 is 11.3 Å². The van der Waals surface area contributed by atoms with Gasteiger partial charge in [0.25, 0.3) is 6.43 Å². The van der Waals surface area contributed by atoms with Crippen molar-refractivity contribution in [1.82, 2.24) is 24.6 Å². The van der Waals surface area contributed by atoms with Crippen molar-refractivity contribution in [3.8, 4) is 10.7 Å². The van der Waals surface area contributed by atoms with Crippen LogP contribution in [0.2, 0.25) is 0 Å². The molecule has 35 heavy (non-hydrogen) atoms. The number of hydrogen-bond donors (Lipinski definition) is 2. The summed E-state index contributed by atoms with van der Waals surface area (Å²) in [4.78, 5) is 2.05. The molecule has 4 heterocycles. The summed E-state index contributed by atoms with van der Waals surface area (Å²) in [6, 6.07) is 4.62. The third kappa shape index (κ3) is 4.54. The number of pyridine rings is 1. The minimum Gasteiger partial charge on any atom is -0.364 e. The maximum absolute atomic E-state index is 13.7. The van der Waals surface area contributed by atoms with E-state index in [-0.39, 0.29) is 22.0 Å². The number of piperazine rings is 1. The third-order valence-electron chi connectivity index (χ3n) is 6.88. The summed E-state index contributed by atoms with van der Waals surface area (Å²) in [5.41, 5.74) is 1.27. The Morgan fingerprint density at radius 1 is 1.29 bits per heavy atom. The number of alkyl halides is 3. The van der Waals surface area contributed by atoms with E-state index in [0.717, 1.165) is 24.2 Å². The van der Waals surface area contributed by atoms with E-state index in [1.54, 1.807) is 22.6 Å². The highest BCUT2D eigenvalue weighted by atomic mass is 32.2. The number of sulfonamides is 1. The Labute approximate surface area is 205 Å². The van der Waals surface area contributed by atoms with E-state index in [1.807, 2.05) is 25.7 Å². The van der Waals surface area contributed by atoms with Crippen LogP contribution in [0.1, 0.15) is 45.0 Å². The molecule has 0 aromatic carbocycles. The van der Waals surface area contributed by atoms with Gasteiger partial charge in [0.1, 0.15) is 11.6 Å². The van der Waals surface area contributed by atoms with Gasteiger partial charge in [-0.1, -0.05) is 11.3 Å². The summed E-state index contributed by atoms with van der Waals surface area (Å²) < 4.78 is 71.1. The van der Waals surface area contributed by atoms with E-state index < -0.39 is 39.7 Å². The zero-order valence-electron chi connectivity index (χ0n) is 19.5. The Balaban J connectivity index is 1.68. The molecule has 2 N–H and O–H groups in total. The summed E-state index contributed by atoms with van der Waals surface area (Å²) >= 11 is 0.762. The average Bonchev–Trinajstić information content (AvgIpc) is 3.19. The van der Waals surface area contributed by atoms with Gasteiger partial charge in [-0.3, -0.25) is 0 Å². The molecule has 2 fully saturated rings. The monoisotopic (exact) mass is 528 g/mol. The van der Waals surface area contributed by atoms with Crippen LogP contribution in [0.5, 0.6) is 0 Å². The van der Waals surface area contributed by atoms with Gasteiger partial charge < -0.3 is 14.6 Å². The van der Waals surface area contributed by atoms with Crippen LogP contribution in [0, 0.1) is 0 Å². The Morgan fingerprint density at radius 2 is 2.03 bits per heavy atom. The van der Waals surface area contributed by atoms with Crippen LogP contribution in [-0.2, 0) is 10.0 Å². The number of hydrogen-bond acceptors (Lipinski definition) is 7. The minimum absolute atomic E-state index is 0.0411. The molecule has 0 unspecified atom stereocenters. The van der Waals surface area contributed by atoms with Crippen molar-refractivity contribution in [2.24, 2.45) is 0 Å². The molecule has 0 radical (unpaired) electrons. The lowest BCUT2D eigenvalue weighted by Gasteiger charge is -2.44. The van der Waals surface area contributed by atoms with E-state index in [0.29, 0.717) is 23.4 Å². The Morgan fingerprint density at radius 3 is 2.66 bits per heavy atom. The molecular formula is C22H27F3N6O2S2. The van der Waals surface area contributed by atoms with Gasteiger partial charge in [0, 0.05) is 30.4 Å². The van der Waals surface area contributed by atoms with Gasteiger partial charge in [-0.2, -0.15) is 0 Å². The average molecular weight is 529 g/mol. The Hall–Kier alpha value is -2.22. The fourth-order valence-corrected chi connectivity index (χ4v) is 6.67. The van der Waals surface area contributed by atoms with Crippen molar-refractivity contribution in [1.29, 1.82) is 0 Å². The predicted octanol–water partition coefficient (Wildman–Crippen LogP) is 3.75. The summed E-state index contributed by atoms with van der Waals surface area (Å²) in [5, 5.41) is 10.6. The smallest absolute Gasteiger partial charge is 0.291 e. The summed E-state index contributed by atoms with van der Waals surface area (Å²) in [5.74, 6) is 0. The van der Waals surface area contributed by atoms with Gasteiger partial charge in [-0.05, 0) is 51.8 Å². The second-order valence-corrected chi connectivity index (χ2v) is 12.3. The SMILES string of the molecule is C[C@@H]1N[C@@H](CF)CN(c2cc(S(=O)(=O)NC3(C)CC3)cn3c(-c4nnc(C(F)F)s4)ccc23)[C@@H]1C. The summed E-state index contributed by atoms with van der Waals surface area (Å²) in [6.45, 7) is 5.60. The fourth-order valence-electron chi connectivity index (χ4n) is 4.47. The molecule has 1 aliphatic heterocycles. The van der Waals surface area contributed by atoms with Crippen LogP contribution in [0.25, 0.3) is 16.2 Å². The summed E-state index contributed by atoms with van der Waals surface area (Å²) in [6.07, 6.45) is 0.237. The number of nitrogens with zero attached hydrogens (tertiary/aromatic N) is 4. The molecule has 0 bridgehead atoms. The van der Waals surface area contributed by atoms with Crippen molar-refractivity contribution in [3.63, 3.8) is 0 Å². The first kappa shape index (κ1) is 24.5. The molecule has 3 aromatic heterocycles. The minimum atomic E-state index is -3.88. The number of nitrogens with one attached hydrogen (secondary N) is 2. The number of fused-ring (bicyclic) bond motifs is 1. The van der Waals surface area contributed by atoms with Crippen LogP contribution in [0.15, 0.2) is 29.3 Å². The molecular weight excluding hydrogens is 501 g/mol. The number of aromatic nitrogens is 3. The molecule has 190 valence electrons. The number of halogens is 3. The van der Waals surface area contributed by atoms with Gasteiger partial charge in [-0.15, -0.1) is 10.2 Å². The number of rotatable bonds is 7. The number of anilines is 1. The molecule has 3 atom stereocenters. The zero-order valence-corrected chi connectivity index (χ0v) is 21.1. The van der Waals surface area contributed by atoms with Gasteiger partial charge >= 0.3 is 0 Å². The lowest BCUT2D eigenvalue weighted by atomic mass is 10.0. The highest BCUT2D eigenvalue weighted by Crippen LogP contribution is 2.38. The normalized spacial score (nSPS) is 24.4. The second-order valence-electron chi connectivity index (χ2n) is 9.65. The molecule has 5 rings (SSSR count). The van der Waals surface area contributed by atoms with Crippen molar-refractivity contribution in [2.45, 2.75) is 68.6 Å². The molecule has 1 saturated carbocycles. The van der Waals surface area contributed by atoms with Crippen LogP contribution in [0.4, 0.5) is 18.9 Å². The van der Waals surface area contributed by atoms with E-state index in [2.05, 4.69) is 20.2 Å². The second kappa shape index (κ2) is 8.71. The maximum atomic E-state index is 13.7. The first-order valence-corrected chi connectivity index (χ1v) is 13.7. The standard InChI is InChI=1S/C22H27F3N6O2S2/c1-12-13(2)30(10-14(9-23)26-12)18-8-15(35(32,33)29-22(3)6-7-22)11-31-16(18)4-5-17(31)20-27-28-21(34-20)19(24)25/h4-5,8,11-14,19,26,29H,6-7,9-10H2,1-3H3/t12-,13+,14-/m0/s1. The van der Waals surface area contributed by atoms with Crippen molar-refractivity contribution < 1.29 is 21.6 Å². The molecule has 2 aliphatic rings. The molecule has 3 aromatic rings. The molecule has 0 amide bonds. The highest BCUT2D eigenvalue weighted by molar-refractivity contribution is 7.89. The van der Waals surface area contributed by atoms with Gasteiger partial charge in [0.15, 0.2) is 10.0 Å². The van der Waals surface area contributed by atoms with Crippen molar-refractivity contribution in [2.75, 3.05) is 18.1 Å². The maximum Gasteiger partial charge on any atom is 0.291 e. The molecule has 1 saturated heterocycles. The van der Waals surface area contributed by atoms with Crippen LogP contribution in [-0.4, -0.2) is 59.9 Å². The molecule has 8 nitrogen and oxygen atoms in total. The Bertz CT molecular complexity index is 1350. The van der Waals surface area contributed by atoms with E-state index in [1.165, 1.54) is 6.20 Å². The lowest BCUT2D eigenvalue weighted by molar-refractivity contribution is 0.150. The first-order valence-electron chi connectivity index (χ1n) is 11.4. The molecule has 0 spiro atoms. The fraction of sp³-hybridized carbons (Fsp3) is 0.545.